The smallest absolute Gasteiger partial charge is 0.196 e. The number of fused-ring (bicyclic) bond motifs is 2. The summed E-state index contributed by atoms with van der Waals surface area (Å²) in [5.41, 5.74) is 2.32. The van der Waals surface area contributed by atoms with E-state index in [0.717, 1.165) is 0 Å². The number of hydrogen-bond acceptors (Lipinski definition) is 4. The van der Waals surface area contributed by atoms with E-state index in [-0.39, 0.29) is 16.2 Å². The molecule has 0 atom stereocenters. The van der Waals surface area contributed by atoms with Gasteiger partial charge in [0.05, 0.1) is 31.7 Å². The number of nitrogens with one attached hydrogen (secondary N) is 1. The van der Waals surface area contributed by atoms with E-state index >= 15 is 0 Å². The molecule has 3 rings (SSSR count). The summed E-state index contributed by atoms with van der Waals surface area (Å²) < 4.78 is -0.280. The lowest BCUT2D eigenvalue weighted by molar-refractivity contribution is -0.875. The largest absolute Gasteiger partial charge is 0.633 e. The van der Waals surface area contributed by atoms with E-state index in [0.29, 0.717) is 54.1 Å². The Labute approximate surface area is 147 Å². The fourth-order valence-corrected chi connectivity index (χ4v) is 3.23. The molecule has 0 fully saturated rings. The topological polar surface area (TPSA) is 69.2 Å². The van der Waals surface area contributed by atoms with E-state index in [4.69, 9.17) is 0 Å². The Bertz CT molecular complexity index is 825. The number of hydroxylamine groups is 3. The van der Waals surface area contributed by atoms with Crippen LogP contribution in [0.15, 0.2) is 42.5 Å². The maximum absolute atomic E-state index is 12.9. The minimum atomic E-state index is -0.280. The average Bonchev–Trinajstić information content (AvgIpc) is 2.65. The van der Waals surface area contributed by atoms with E-state index in [2.05, 4.69) is 5.32 Å². The average molecular weight is 338 g/mol. The van der Waals surface area contributed by atoms with E-state index < -0.39 is 0 Å². The molecule has 0 unspecified atom stereocenters. The summed E-state index contributed by atoms with van der Waals surface area (Å²) in [4.78, 5) is 25.6. The molecule has 0 aromatic heterocycles. The lowest BCUT2D eigenvalue weighted by atomic mass is 9.83. The number of nitrogens with zero attached hydrogens (tertiary/aromatic N) is 1. The second kappa shape index (κ2) is 6.78. The molecule has 0 amide bonds. The molecule has 2 aromatic carbocycles. The number of likely N-dealkylation sites (N-methyl/N-ethyl adjacent to an activating group) is 1. The maximum Gasteiger partial charge on any atom is 0.196 e. The molecule has 2 aromatic rings. The number of carbonyl (C=O) groups is 2. The van der Waals surface area contributed by atoms with Crippen molar-refractivity contribution < 1.29 is 14.2 Å². The third-order valence-electron chi connectivity index (χ3n) is 4.94. The van der Waals surface area contributed by atoms with Gasteiger partial charge in [-0.1, -0.05) is 36.4 Å². The summed E-state index contributed by atoms with van der Waals surface area (Å²) >= 11 is 0. The number of anilines is 1. The Kier molecular flexibility index (Phi) is 4.70. The quantitative estimate of drug-likeness (QED) is 0.553. The Balaban J connectivity index is 1.90. The molecule has 0 radical (unpaired) electrons. The first-order valence-corrected chi connectivity index (χ1v) is 8.63. The first-order chi connectivity index (χ1) is 12.0. The van der Waals surface area contributed by atoms with Crippen LogP contribution in [0.1, 0.15) is 45.7 Å². The first kappa shape index (κ1) is 17.3. The fourth-order valence-electron chi connectivity index (χ4n) is 3.23. The van der Waals surface area contributed by atoms with Gasteiger partial charge in [0.1, 0.15) is 0 Å². The van der Waals surface area contributed by atoms with Gasteiger partial charge in [0, 0.05) is 22.4 Å². The minimum Gasteiger partial charge on any atom is -0.633 e. The van der Waals surface area contributed by atoms with Crippen molar-refractivity contribution in [2.45, 2.75) is 13.8 Å². The van der Waals surface area contributed by atoms with Gasteiger partial charge in [-0.25, -0.2) is 0 Å². The highest BCUT2D eigenvalue weighted by atomic mass is 16.5. The zero-order valence-electron chi connectivity index (χ0n) is 14.5. The van der Waals surface area contributed by atoms with E-state index in [9.17, 15) is 14.8 Å². The van der Waals surface area contributed by atoms with Crippen LogP contribution in [0.5, 0.6) is 0 Å². The molecule has 1 aliphatic rings. The van der Waals surface area contributed by atoms with Crippen LogP contribution in [-0.4, -0.2) is 42.4 Å². The molecule has 0 spiro atoms. The van der Waals surface area contributed by atoms with Crippen molar-refractivity contribution in [2.75, 3.05) is 31.5 Å². The Hall–Kier alpha value is -2.50. The summed E-state index contributed by atoms with van der Waals surface area (Å²) in [5.74, 6) is -0.285. The van der Waals surface area contributed by atoms with Crippen molar-refractivity contribution >= 4 is 17.3 Å². The summed E-state index contributed by atoms with van der Waals surface area (Å²) in [5, 5.41) is 15.6. The molecule has 0 saturated heterocycles. The molecular formula is C20H22N2O3. The van der Waals surface area contributed by atoms with Gasteiger partial charge in [-0.15, -0.1) is 0 Å². The summed E-state index contributed by atoms with van der Waals surface area (Å²) in [7, 11) is 0. The molecule has 25 heavy (non-hydrogen) atoms. The highest BCUT2D eigenvalue weighted by molar-refractivity contribution is 6.30. The van der Waals surface area contributed by atoms with Crippen molar-refractivity contribution in [1.29, 1.82) is 0 Å². The van der Waals surface area contributed by atoms with Gasteiger partial charge in [-0.2, -0.15) is 0 Å². The molecule has 1 N–H and O–H groups in total. The number of carbonyl (C=O) groups excluding carboxylic acids is 2. The van der Waals surface area contributed by atoms with Crippen LogP contribution < -0.4 is 5.32 Å². The van der Waals surface area contributed by atoms with Gasteiger partial charge in [0.25, 0.3) is 0 Å². The van der Waals surface area contributed by atoms with Crippen LogP contribution in [-0.2, 0) is 0 Å². The minimum absolute atomic E-state index is 0.134. The lowest BCUT2D eigenvalue weighted by Crippen LogP contribution is -2.44. The Morgan fingerprint density at radius 2 is 1.48 bits per heavy atom. The second-order valence-corrected chi connectivity index (χ2v) is 6.27. The zero-order chi connectivity index (χ0) is 18.0. The highest BCUT2D eigenvalue weighted by Crippen LogP contribution is 2.31. The number of rotatable bonds is 6. The number of benzene rings is 2. The number of ketones is 2. The number of quaternary nitrogens is 1. The summed E-state index contributed by atoms with van der Waals surface area (Å²) in [6.07, 6.45) is 0. The van der Waals surface area contributed by atoms with Gasteiger partial charge in [0.15, 0.2) is 11.6 Å². The van der Waals surface area contributed by atoms with Crippen LogP contribution in [0.25, 0.3) is 0 Å². The maximum atomic E-state index is 12.9. The monoisotopic (exact) mass is 338 g/mol. The standard InChI is InChI=1S/C20H22N2O3/c1-3-22(25,4-2)13-12-21-17-11-7-10-16-18(17)20(24)15-9-6-5-8-14(15)19(16)23/h5-11,21H,3-4,12-13H2,1-2H3. The van der Waals surface area contributed by atoms with Crippen molar-refractivity contribution in [3.05, 3.63) is 69.9 Å². The van der Waals surface area contributed by atoms with E-state index in [1.165, 1.54) is 0 Å². The van der Waals surface area contributed by atoms with Crippen molar-refractivity contribution in [3.63, 3.8) is 0 Å². The predicted molar refractivity (Wildman–Crippen MR) is 97.8 cm³/mol. The molecule has 0 bridgehead atoms. The third-order valence-corrected chi connectivity index (χ3v) is 4.94. The number of hydrogen-bond donors (Lipinski definition) is 1. The molecular weight excluding hydrogens is 316 g/mol. The van der Waals surface area contributed by atoms with Crippen LogP contribution in [0.3, 0.4) is 0 Å². The lowest BCUT2D eigenvalue weighted by Gasteiger charge is -2.41. The molecule has 1 aliphatic carbocycles. The van der Waals surface area contributed by atoms with Crippen molar-refractivity contribution in [3.8, 4) is 0 Å². The van der Waals surface area contributed by atoms with E-state index in [1.54, 1.807) is 42.5 Å². The molecule has 5 nitrogen and oxygen atoms in total. The van der Waals surface area contributed by atoms with Crippen LogP contribution in [0.2, 0.25) is 0 Å². The van der Waals surface area contributed by atoms with Crippen LogP contribution >= 0.6 is 0 Å². The van der Waals surface area contributed by atoms with Gasteiger partial charge in [0.2, 0.25) is 0 Å². The summed E-state index contributed by atoms with van der Waals surface area (Å²) in [6, 6.07) is 12.1. The van der Waals surface area contributed by atoms with Gasteiger partial charge in [-0.3, -0.25) is 9.59 Å². The van der Waals surface area contributed by atoms with Gasteiger partial charge in [-0.05, 0) is 19.9 Å². The molecule has 0 aliphatic heterocycles. The highest BCUT2D eigenvalue weighted by Gasteiger charge is 2.31. The summed E-state index contributed by atoms with van der Waals surface area (Å²) in [6.45, 7) is 5.63. The molecule has 0 saturated carbocycles. The third kappa shape index (κ3) is 3.08. The Morgan fingerprint density at radius 1 is 0.880 bits per heavy atom. The van der Waals surface area contributed by atoms with Crippen LogP contribution in [0, 0.1) is 5.21 Å². The van der Waals surface area contributed by atoms with Crippen molar-refractivity contribution in [1.82, 2.24) is 0 Å². The molecule has 0 heterocycles. The van der Waals surface area contributed by atoms with Gasteiger partial charge < -0.3 is 15.2 Å². The predicted octanol–water partition coefficient (Wildman–Crippen LogP) is 3.23. The van der Waals surface area contributed by atoms with Gasteiger partial charge >= 0.3 is 0 Å². The van der Waals surface area contributed by atoms with Crippen molar-refractivity contribution in [2.24, 2.45) is 0 Å². The van der Waals surface area contributed by atoms with Crippen LogP contribution in [0.4, 0.5) is 5.69 Å². The zero-order valence-corrected chi connectivity index (χ0v) is 14.5. The molecule has 5 heteroatoms. The normalized spacial score (nSPS) is 13.4. The first-order valence-electron chi connectivity index (χ1n) is 8.63. The SMILES string of the molecule is CC[N+]([O-])(CC)CCNc1cccc2c1C(=O)c1ccccc1C2=O. The fraction of sp³-hybridized carbons (Fsp3) is 0.300. The Morgan fingerprint density at radius 3 is 2.12 bits per heavy atom. The molecule has 130 valence electrons. The second-order valence-electron chi connectivity index (χ2n) is 6.27. The van der Waals surface area contributed by atoms with E-state index in [1.807, 2.05) is 13.8 Å².